The summed E-state index contributed by atoms with van der Waals surface area (Å²) in [6.07, 6.45) is 3.37. The average Bonchev–Trinajstić information content (AvgIpc) is 3.04. The minimum Gasteiger partial charge on any atom is -0.454 e. The molecule has 0 fully saturated rings. The normalized spacial score (nSPS) is 11.1. The standard InChI is InChI=1S/C20H16F2N4O2/c1-25-9-14(15-10-26(2)24-19(15)20(25)27)13-8-12(23)4-6-17(13)28-18-5-3-11(21)7-16(18)22/h3-10H,23H2,1-2H3. The van der Waals surface area contributed by atoms with Gasteiger partial charge in [0.1, 0.15) is 11.6 Å². The van der Waals surface area contributed by atoms with Crippen molar-refractivity contribution < 1.29 is 13.5 Å². The van der Waals surface area contributed by atoms with E-state index in [1.807, 2.05) is 0 Å². The third-order valence-corrected chi connectivity index (χ3v) is 4.37. The number of pyridine rings is 1. The number of benzene rings is 2. The van der Waals surface area contributed by atoms with Crippen LogP contribution in [-0.2, 0) is 14.1 Å². The molecular formula is C20H16F2N4O2. The minimum atomic E-state index is -0.824. The Hall–Kier alpha value is -3.68. The van der Waals surface area contributed by atoms with Crippen LogP contribution in [0.5, 0.6) is 11.5 Å². The van der Waals surface area contributed by atoms with Crippen molar-refractivity contribution in [3.05, 3.63) is 70.8 Å². The number of hydrogen-bond acceptors (Lipinski definition) is 4. The molecule has 142 valence electrons. The number of hydrogen-bond donors (Lipinski definition) is 1. The second kappa shape index (κ2) is 6.49. The minimum absolute atomic E-state index is 0.125. The van der Waals surface area contributed by atoms with Crippen molar-refractivity contribution in [2.45, 2.75) is 0 Å². The Bertz CT molecular complexity index is 1280. The van der Waals surface area contributed by atoms with Crippen molar-refractivity contribution in [2.75, 3.05) is 5.73 Å². The van der Waals surface area contributed by atoms with Crippen molar-refractivity contribution in [2.24, 2.45) is 14.1 Å². The molecule has 0 bridgehead atoms. The number of rotatable bonds is 3. The van der Waals surface area contributed by atoms with E-state index >= 15 is 0 Å². The van der Waals surface area contributed by atoms with Crippen LogP contribution in [0.15, 0.2) is 53.6 Å². The molecule has 2 aromatic heterocycles. The van der Waals surface area contributed by atoms with Gasteiger partial charge in [-0.2, -0.15) is 5.10 Å². The van der Waals surface area contributed by atoms with E-state index in [1.54, 1.807) is 49.4 Å². The molecule has 0 aliphatic rings. The van der Waals surface area contributed by atoms with Gasteiger partial charge in [-0.25, -0.2) is 8.78 Å². The Morgan fingerprint density at radius 3 is 2.50 bits per heavy atom. The Balaban J connectivity index is 1.94. The highest BCUT2D eigenvalue weighted by atomic mass is 19.1. The van der Waals surface area contributed by atoms with Crippen LogP contribution in [0.4, 0.5) is 14.5 Å². The SMILES string of the molecule is Cn1cc2c(-c3cc(N)ccc3Oc3ccc(F)cc3F)cn(C)c(=O)c2n1. The van der Waals surface area contributed by atoms with Gasteiger partial charge in [-0.3, -0.25) is 9.48 Å². The maximum atomic E-state index is 14.1. The molecule has 0 unspecified atom stereocenters. The lowest BCUT2D eigenvalue weighted by atomic mass is 10.0. The molecule has 6 nitrogen and oxygen atoms in total. The number of nitrogen functional groups attached to an aromatic ring is 1. The van der Waals surface area contributed by atoms with Crippen LogP contribution in [0.3, 0.4) is 0 Å². The molecule has 0 saturated heterocycles. The number of fused-ring (bicyclic) bond motifs is 1. The first-order valence-electron chi connectivity index (χ1n) is 8.39. The first kappa shape index (κ1) is 17.7. The number of aromatic nitrogens is 3. The highest BCUT2D eigenvalue weighted by Gasteiger charge is 2.17. The summed E-state index contributed by atoms with van der Waals surface area (Å²) in [7, 11) is 3.33. The smallest absolute Gasteiger partial charge is 0.278 e. The summed E-state index contributed by atoms with van der Waals surface area (Å²) in [5, 5.41) is 4.84. The molecule has 2 N–H and O–H groups in total. The second-order valence-corrected chi connectivity index (χ2v) is 6.46. The highest BCUT2D eigenvalue weighted by Crippen LogP contribution is 2.38. The molecule has 0 spiro atoms. The Labute approximate surface area is 158 Å². The molecule has 2 aromatic carbocycles. The Morgan fingerprint density at radius 1 is 1.00 bits per heavy atom. The molecule has 0 atom stereocenters. The molecule has 0 aliphatic heterocycles. The quantitative estimate of drug-likeness (QED) is 0.550. The Morgan fingerprint density at radius 2 is 1.75 bits per heavy atom. The van der Waals surface area contributed by atoms with Gasteiger partial charge in [0.2, 0.25) is 0 Å². The van der Waals surface area contributed by atoms with Crippen molar-refractivity contribution in [1.29, 1.82) is 0 Å². The Kier molecular flexibility index (Phi) is 4.11. The van der Waals surface area contributed by atoms with Crippen LogP contribution in [0, 0.1) is 11.6 Å². The molecular weight excluding hydrogens is 366 g/mol. The van der Waals surface area contributed by atoms with E-state index < -0.39 is 11.6 Å². The van der Waals surface area contributed by atoms with Gasteiger partial charge in [-0.05, 0) is 30.3 Å². The number of anilines is 1. The number of ether oxygens (including phenoxy) is 1. The van der Waals surface area contributed by atoms with Crippen LogP contribution in [0.25, 0.3) is 22.0 Å². The molecule has 28 heavy (non-hydrogen) atoms. The van der Waals surface area contributed by atoms with Gasteiger partial charge in [0, 0.05) is 54.8 Å². The van der Waals surface area contributed by atoms with E-state index in [-0.39, 0.29) is 11.3 Å². The molecule has 0 saturated carbocycles. The topological polar surface area (TPSA) is 75.1 Å². The van der Waals surface area contributed by atoms with E-state index in [2.05, 4.69) is 5.10 Å². The molecule has 0 aliphatic carbocycles. The lowest BCUT2D eigenvalue weighted by Gasteiger charge is -2.14. The third kappa shape index (κ3) is 2.98. The van der Waals surface area contributed by atoms with Gasteiger partial charge in [0.25, 0.3) is 5.56 Å². The molecule has 4 aromatic rings. The van der Waals surface area contributed by atoms with Crippen LogP contribution in [0.1, 0.15) is 0 Å². The van der Waals surface area contributed by atoms with Crippen molar-refractivity contribution in [3.8, 4) is 22.6 Å². The maximum Gasteiger partial charge on any atom is 0.278 e. The monoisotopic (exact) mass is 382 g/mol. The van der Waals surface area contributed by atoms with Gasteiger partial charge in [-0.1, -0.05) is 0 Å². The number of aryl methyl sites for hydroxylation is 2. The van der Waals surface area contributed by atoms with E-state index in [1.165, 1.54) is 10.6 Å². The van der Waals surface area contributed by atoms with Crippen LogP contribution in [-0.4, -0.2) is 14.3 Å². The van der Waals surface area contributed by atoms with E-state index in [4.69, 9.17) is 10.5 Å². The number of nitrogens with two attached hydrogens (primary N) is 1. The zero-order valence-electron chi connectivity index (χ0n) is 15.1. The summed E-state index contributed by atoms with van der Waals surface area (Å²) in [6.45, 7) is 0. The number of nitrogens with zero attached hydrogens (tertiary/aromatic N) is 3. The first-order chi connectivity index (χ1) is 13.3. The van der Waals surface area contributed by atoms with Crippen molar-refractivity contribution in [1.82, 2.24) is 14.3 Å². The van der Waals surface area contributed by atoms with Crippen LogP contribution in [0.2, 0.25) is 0 Å². The van der Waals surface area contributed by atoms with Crippen LogP contribution < -0.4 is 16.0 Å². The number of halogens is 2. The zero-order chi connectivity index (χ0) is 20.0. The fraction of sp³-hybridized carbons (Fsp3) is 0.100. The predicted molar refractivity (Wildman–Crippen MR) is 102 cm³/mol. The van der Waals surface area contributed by atoms with Crippen LogP contribution >= 0.6 is 0 Å². The summed E-state index contributed by atoms with van der Waals surface area (Å²) >= 11 is 0. The van der Waals surface area contributed by atoms with Gasteiger partial charge in [0.05, 0.1) is 0 Å². The third-order valence-electron chi connectivity index (χ3n) is 4.37. The summed E-state index contributed by atoms with van der Waals surface area (Å²) in [6, 6.07) is 7.95. The van der Waals surface area contributed by atoms with Crippen molar-refractivity contribution in [3.63, 3.8) is 0 Å². The summed E-state index contributed by atoms with van der Waals surface area (Å²) in [5.74, 6) is -1.34. The first-order valence-corrected chi connectivity index (χ1v) is 8.39. The van der Waals surface area contributed by atoms with Gasteiger partial charge in [-0.15, -0.1) is 0 Å². The lowest BCUT2D eigenvalue weighted by molar-refractivity contribution is 0.439. The van der Waals surface area contributed by atoms with Crippen molar-refractivity contribution >= 4 is 16.6 Å². The molecule has 0 radical (unpaired) electrons. The lowest BCUT2D eigenvalue weighted by Crippen LogP contribution is -2.16. The highest BCUT2D eigenvalue weighted by molar-refractivity contribution is 5.95. The molecule has 0 amide bonds. The second-order valence-electron chi connectivity index (χ2n) is 6.46. The average molecular weight is 382 g/mol. The molecule has 8 heteroatoms. The van der Waals surface area contributed by atoms with E-state index in [9.17, 15) is 13.6 Å². The summed E-state index contributed by atoms with van der Waals surface area (Å²) < 4.78 is 35.9. The van der Waals surface area contributed by atoms with E-state index in [0.717, 1.165) is 12.1 Å². The predicted octanol–water partition coefficient (Wildman–Crippen LogP) is 3.59. The molecule has 2 heterocycles. The van der Waals surface area contributed by atoms with Gasteiger partial charge in [0.15, 0.2) is 17.1 Å². The van der Waals surface area contributed by atoms with Gasteiger partial charge < -0.3 is 15.0 Å². The fourth-order valence-electron chi connectivity index (χ4n) is 3.07. The summed E-state index contributed by atoms with van der Waals surface area (Å²) in [5.41, 5.74) is 7.68. The zero-order valence-corrected chi connectivity index (χ0v) is 15.1. The maximum absolute atomic E-state index is 14.1. The fourth-order valence-corrected chi connectivity index (χ4v) is 3.07. The van der Waals surface area contributed by atoms with Gasteiger partial charge >= 0.3 is 0 Å². The largest absolute Gasteiger partial charge is 0.454 e. The molecule has 4 rings (SSSR count). The summed E-state index contributed by atoms with van der Waals surface area (Å²) in [4.78, 5) is 12.4. The van der Waals surface area contributed by atoms with E-state index in [0.29, 0.717) is 33.5 Å².